The Labute approximate surface area is 136 Å². The molecule has 0 unspecified atom stereocenters. The highest BCUT2D eigenvalue weighted by atomic mass is 16.6. The molecule has 1 fully saturated rings. The van der Waals surface area contributed by atoms with Crippen LogP contribution in [0.1, 0.15) is 40.0 Å². The minimum atomic E-state index is -0.434. The summed E-state index contributed by atoms with van der Waals surface area (Å²) in [5.41, 5.74) is 0.663. The zero-order valence-corrected chi connectivity index (χ0v) is 13.9. The van der Waals surface area contributed by atoms with Gasteiger partial charge >= 0.3 is 5.97 Å². The highest BCUT2D eigenvalue weighted by Crippen LogP contribution is 2.27. The number of hydrogen-bond donors (Lipinski definition) is 0. The second-order valence-electron chi connectivity index (χ2n) is 6.99. The van der Waals surface area contributed by atoms with Crippen LogP contribution in [0.4, 0.5) is 11.4 Å². The van der Waals surface area contributed by atoms with Crippen molar-refractivity contribution in [2.45, 2.75) is 45.6 Å². The first-order valence-corrected chi connectivity index (χ1v) is 7.96. The lowest BCUT2D eigenvalue weighted by Crippen LogP contribution is -2.35. The van der Waals surface area contributed by atoms with Crippen molar-refractivity contribution in [2.75, 3.05) is 18.0 Å². The summed E-state index contributed by atoms with van der Waals surface area (Å²) >= 11 is 0. The Balaban J connectivity index is 1.84. The van der Waals surface area contributed by atoms with Crippen LogP contribution in [0.2, 0.25) is 0 Å². The van der Waals surface area contributed by atoms with E-state index in [2.05, 4.69) is 4.90 Å². The van der Waals surface area contributed by atoms with Gasteiger partial charge in [-0.15, -0.1) is 0 Å². The van der Waals surface area contributed by atoms with Crippen molar-refractivity contribution < 1.29 is 14.5 Å². The molecule has 1 aliphatic rings. The number of non-ortho nitro benzene ring substituents is 1. The fourth-order valence-electron chi connectivity index (χ4n) is 2.80. The third kappa shape index (κ3) is 5.23. The van der Waals surface area contributed by atoms with Crippen LogP contribution in [-0.2, 0) is 9.53 Å². The van der Waals surface area contributed by atoms with Gasteiger partial charge < -0.3 is 9.64 Å². The fraction of sp³-hybridized carbons (Fsp3) is 0.588. The van der Waals surface area contributed by atoms with Gasteiger partial charge in [-0.2, -0.15) is 0 Å². The predicted octanol–water partition coefficient (Wildman–Crippen LogP) is 3.54. The van der Waals surface area contributed by atoms with Crippen LogP contribution in [0, 0.1) is 16.0 Å². The molecule has 0 atom stereocenters. The summed E-state index contributed by atoms with van der Waals surface area (Å²) in [6.45, 7) is 7.34. The lowest BCUT2D eigenvalue weighted by molar-refractivity contribution is -0.384. The molecule has 0 N–H and O–H groups in total. The monoisotopic (exact) mass is 320 g/mol. The summed E-state index contributed by atoms with van der Waals surface area (Å²) in [4.78, 5) is 24.4. The fourth-order valence-corrected chi connectivity index (χ4v) is 2.80. The van der Waals surface area contributed by atoms with Crippen molar-refractivity contribution in [2.24, 2.45) is 5.92 Å². The quantitative estimate of drug-likeness (QED) is 0.482. The number of benzene rings is 1. The largest absolute Gasteiger partial charge is 0.460 e. The van der Waals surface area contributed by atoms with Gasteiger partial charge in [0, 0.05) is 37.3 Å². The maximum atomic E-state index is 11.9. The number of rotatable bonds is 4. The molecular weight excluding hydrogens is 296 g/mol. The molecule has 1 heterocycles. The Morgan fingerprint density at radius 3 is 2.30 bits per heavy atom. The summed E-state index contributed by atoms with van der Waals surface area (Å²) < 4.78 is 5.37. The molecule has 1 aliphatic heterocycles. The van der Waals surface area contributed by atoms with E-state index in [0.29, 0.717) is 12.3 Å². The highest BCUT2D eigenvalue weighted by Gasteiger charge is 2.24. The third-order valence-corrected chi connectivity index (χ3v) is 3.92. The summed E-state index contributed by atoms with van der Waals surface area (Å²) in [5.74, 6) is 0.213. The smallest absolute Gasteiger partial charge is 0.306 e. The number of carbonyl (C=O) groups excluding carboxylic acids is 1. The minimum absolute atomic E-state index is 0.105. The van der Waals surface area contributed by atoms with Gasteiger partial charge in [-0.1, -0.05) is 0 Å². The van der Waals surface area contributed by atoms with Crippen LogP contribution in [0.15, 0.2) is 24.3 Å². The van der Waals surface area contributed by atoms with E-state index < -0.39 is 10.5 Å². The molecule has 0 aliphatic carbocycles. The average Bonchev–Trinajstić information content (AvgIpc) is 2.46. The van der Waals surface area contributed by atoms with Crippen molar-refractivity contribution in [1.29, 1.82) is 0 Å². The zero-order chi connectivity index (χ0) is 17.0. The van der Waals surface area contributed by atoms with Crippen LogP contribution in [0.5, 0.6) is 0 Å². The van der Waals surface area contributed by atoms with Crippen LogP contribution in [-0.4, -0.2) is 29.6 Å². The van der Waals surface area contributed by atoms with E-state index in [1.54, 1.807) is 12.1 Å². The second-order valence-corrected chi connectivity index (χ2v) is 6.99. The molecule has 1 aromatic carbocycles. The molecule has 1 aromatic rings. The normalized spacial score (nSPS) is 16.2. The first-order valence-electron chi connectivity index (χ1n) is 7.96. The number of hydrogen-bond acceptors (Lipinski definition) is 5. The van der Waals surface area contributed by atoms with Crippen LogP contribution in [0.25, 0.3) is 0 Å². The maximum absolute atomic E-state index is 11.9. The zero-order valence-electron chi connectivity index (χ0n) is 13.9. The number of esters is 1. The summed E-state index contributed by atoms with van der Waals surface area (Å²) in [5, 5.41) is 10.7. The van der Waals surface area contributed by atoms with Gasteiger partial charge in [0.2, 0.25) is 0 Å². The first kappa shape index (κ1) is 17.2. The van der Waals surface area contributed by atoms with E-state index in [1.165, 1.54) is 12.1 Å². The lowest BCUT2D eigenvalue weighted by Gasteiger charge is -2.33. The summed E-state index contributed by atoms with van der Waals surface area (Å²) in [6.07, 6.45) is 2.32. The molecule has 0 radical (unpaired) electrons. The van der Waals surface area contributed by atoms with Crippen molar-refractivity contribution in [3.8, 4) is 0 Å². The van der Waals surface area contributed by atoms with Gasteiger partial charge in [0.25, 0.3) is 5.69 Å². The van der Waals surface area contributed by atoms with E-state index in [1.807, 2.05) is 20.8 Å². The van der Waals surface area contributed by atoms with Crippen LogP contribution >= 0.6 is 0 Å². The van der Waals surface area contributed by atoms with Crippen LogP contribution in [0.3, 0.4) is 0 Å². The number of nitrogens with zero attached hydrogens (tertiary/aromatic N) is 2. The molecule has 23 heavy (non-hydrogen) atoms. The predicted molar refractivity (Wildman–Crippen MR) is 88.5 cm³/mol. The number of carbonyl (C=O) groups is 1. The molecule has 6 heteroatoms. The number of nitro benzene ring substituents is 1. The second kappa shape index (κ2) is 6.98. The number of ether oxygens (including phenoxy) is 1. The topological polar surface area (TPSA) is 72.7 Å². The van der Waals surface area contributed by atoms with E-state index in [-0.39, 0.29) is 11.7 Å². The Morgan fingerprint density at radius 2 is 1.83 bits per heavy atom. The Morgan fingerprint density at radius 1 is 1.26 bits per heavy atom. The van der Waals surface area contributed by atoms with Gasteiger partial charge in [0.15, 0.2) is 0 Å². The van der Waals surface area contributed by atoms with Crippen molar-refractivity contribution in [1.82, 2.24) is 0 Å². The molecule has 0 bridgehead atoms. The van der Waals surface area contributed by atoms with Gasteiger partial charge in [0.05, 0.1) is 4.92 Å². The molecule has 126 valence electrons. The van der Waals surface area contributed by atoms with Gasteiger partial charge in [-0.25, -0.2) is 0 Å². The summed E-state index contributed by atoms with van der Waals surface area (Å²) in [7, 11) is 0. The summed E-state index contributed by atoms with van der Waals surface area (Å²) in [6, 6.07) is 6.63. The van der Waals surface area contributed by atoms with Crippen molar-refractivity contribution in [3.63, 3.8) is 0 Å². The van der Waals surface area contributed by atoms with E-state index >= 15 is 0 Å². The van der Waals surface area contributed by atoms with E-state index in [0.717, 1.165) is 31.6 Å². The van der Waals surface area contributed by atoms with Gasteiger partial charge in [0.1, 0.15) is 5.60 Å². The van der Waals surface area contributed by atoms with Gasteiger partial charge in [-0.3, -0.25) is 14.9 Å². The molecule has 6 nitrogen and oxygen atoms in total. The first-order chi connectivity index (χ1) is 10.7. The number of anilines is 1. The van der Waals surface area contributed by atoms with Crippen molar-refractivity contribution in [3.05, 3.63) is 34.4 Å². The maximum Gasteiger partial charge on any atom is 0.306 e. The van der Waals surface area contributed by atoms with E-state index in [4.69, 9.17) is 4.74 Å². The molecule has 2 rings (SSSR count). The third-order valence-electron chi connectivity index (χ3n) is 3.92. The highest BCUT2D eigenvalue weighted by molar-refractivity contribution is 5.70. The minimum Gasteiger partial charge on any atom is -0.460 e. The molecule has 0 saturated carbocycles. The Kier molecular flexibility index (Phi) is 5.23. The van der Waals surface area contributed by atoms with E-state index in [9.17, 15) is 14.9 Å². The van der Waals surface area contributed by atoms with Gasteiger partial charge in [-0.05, 0) is 51.7 Å². The van der Waals surface area contributed by atoms with Crippen LogP contribution < -0.4 is 4.90 Å². The SMILES string of the molecule is CC(C)(C)OC(=O)CC1CCN(c2ccc([N+](=O)[O-])cc2)CC1. The standard InChI is InChI=1S/C17H24N2O4/c1-17(2,3)23-16(20)12-13-8-10-18(11-9-13)14-4-6-15(7-5-14)19(21)22/h4-7,13H,8-12H2,1-3H3. The molecule has 0 aromatic heterocycles. The molecule has 1 saturated heterocycles. The Hall–Kier alpha value is -2.11. The average molecular weight is 320 g/mol. The number of nitro groups is 1. The molecule has 0 spiro atoms. The molecular formula is C17H24N2O4. The molecule has 0 amide bonds. The Bertz CT molecular complexity index is 555. The van der Waals surface area contributed by atoms with Crippen molar-refractivity contribution >= 4 is 17.3 Å². The lowest BCUT2D eigenvalue weighted by atomic mass is 9.93. The number of piperidine rings is 1.